The van der Waals surface area contributed by atoms with Crippen molar-refractivity contribution in [2.75, 3.05) is 11.5 Å². The summed E-state index contributed by atoms with van der Waals surface area (Å²) in [7, 11) is -0.710. The van der Waals surface area contributed by atoms with E-state index < -0.39 is 10.8 Å². The lowest BCUT2D eigenvalue weighted by Crippen LogP contribution is -2.50. The standard InChI is InChI=1S/C10H11NO2S/c12-10(8-4-2-1-3-5-8)11-9-6-14(13)7-9/h1-5,9H,6-7H2,(H,11,12). The average molecular weight is 209 g/mol. The van der Waals surface area contributed by atoms with Crippen molar-refractivity contribution in [2.24, 2.45) is 0 Å². The van der Waals surface area contributed by atoms with E-state index in [0.29, 0.717) is 17.1 Å². The Morgan fingerprint density at radius 3 is 2.50 bits per heavy atom. The van der Waals surface area contributed by atoms with Crippen LogP contribution in [0.1, 0.15) is 10.4 Å². The molecule has 1 fully saturated rings. The van der Waals surface area contributed by atoms with Gasteiger partial charge in [-0.25, -0.2) is 0 Å². The van der Waals surface area contributed by atoms with Crippen LogP contribution in [0.3, 0.4) is 0 Å². The van der Waals surface area contributed by atoms with Crippen LogP contribution in [0.4, 0.5) is 0 Å². The lowest BCUT2D eigenvalue weighted by Gasteiger charge is -2.25. The Labute approximate surface area is 85.0 Å². The van der Waals surface area contributed by atoms with Crippen LogP contribution in [0, 0.1) is 0 Å². The van der Waals surface area contributed by atoms with Gasteiger partial charge in [0.1, 0.15) is 0 Å². The van der Waals surface area contributed by atoms with Gasteiger partial charge in [0.05, 0.1) is 6.04 Å². The molecular weight excluding hydrogens is 198 g/mol. The Morgan fingerprint density at radius 1 is 1.29 bits per heavy atom. The summed E-state index contributed by atoms with van der Waals surface area (Å²) in [6, 6.07) is 9.16. The van der Waals surface area contributed by atoms with E-state index in [9.17, 15) is 9.00 Å². The van der Waals surface area contributed by atoms with E-state index in [-0.39, 0.29) is 11.9 Å². The first-order valence-electron chi connectivity index (χ1n) is 4.46. The molecule has 3 nitrogen and oxygen atoms in total. The molecule has 1 amide bonds. The van der Waals surface area contributed by atoms with E-state index in [1.807, 2.05) is 18.2 Å². The Hall–Kier alpha value is -1.16. The largest absolute Gasteiger partial charge is 0.347 e. The van der Waals surface area contributed by atoms with Gasteiger partial charge in [-0.3, -0.25) is 9.00 Å². The summed E-state index contributed by atoms with van der Waals surface area (Å²) in [4.78, 5) is 11.5. The zero-order valence-electron chi connectivity index (χ0n) is 7.60. The van der Waals surface area contributed by atoms with Crippen LogP contribution in [-0.4, -0.2) is 27.7 Å². The Bertz CT molecular complexity index is 356. The Kier molecular flexibility index (Phi) is 2.63. The fourth-order valence-electron chi connectivity index (χ4n) is 1.34. The molecule has 0 bridgehead atoms. The summed E-state index contributed by atoms with van der Waals surface area (Å²) >= 11 is 0. The van der Waals surface area contributed by atoms with Gasteiger partial charge in [0.15, 0.2) is 0 Å². The van der Waals surface area contributed by atoms with Crippen LogP contribution in [-0.2, 0) is 10.8 Å². The molecule has 14 heavy (non-hydrogen) atoms. The topological polar surface area (TPSA) is 46.2 Å². The molecule has 74 valence electrons. The smallest absolute Gasteiger partial charge is 0.251 e. The third-order valence-electron chi connectivity index (χ3n) is 2.15. The molecule has 2 rings (SSSR count). The molecule has 0 radical (unpaired) electrons. The first-order valence-corrected chi connectivity index (χ1v) is 5.95. The second-order valence-electron chi connectivity index (χ2n) is 3.31. The number of carbonyl (C=O) groups excluding carboxylic acids is 1. The van der Waals surface area contributed by atoms with Crippen LogP contribution in [0.15, 0.2) is 30.3 Å². The highest BCUT2D eigenvalue weighted by atomic mass is 32.2. The predicted molar refractivity (Wildman–Crippen MR) is 55.6 cm³/mol. The zero-order chi connectivity index (χ0) is 9.97. The van der Waals surface area contributed by atoms with Crippen molar-refractivity contribution in [3.05, 3.63) is 35.9 Å². The molecule has 0 unspecified atom stereocenters. The third kappa shape index (κ3) is 2.01. The molecule has 1 aliphatic heterocycles. The summed E-state index contributed by atoms with van der Waals surface area (Å²) in [5, 5.41) is 2.83. The van der Waals surface area contributed by atoms with Gasteiger partial charge in [0.25, 0.3) is 5.91 Å². The number of hydrogen-bond acceptors (Lipinski definition) is 2. The highest BCUT2D eigenvalue weighted by Gasteiger charge is 2.26. The van der Waals surface area contributed by atoms with Crippen LogP contribution in [0.2, 0.25) is 0 Å². The van der Waals surface area contributed by atoms with Crippen molar-refractivity contribution < 1.29 is 9.00 Å². The van der Waals surface area contributed by atoms with Crippen molar-refractivity contribution in [2.45, 2.75) is 6.04 Å². The number of rotatable bonds is 2. The van der Waals surface area contributed by atoms with E-state index in [2.05, 4.69) is 5.32 Å². The van der Waals surface area contributed by atoms with Gasteiger partial charge < -0.3 is 5.32 Å². The average Bonchev–Trinajstić information content (AvgIpc) is 2.17. The molecule has 1 heterocycles. The van der Waals surface area contributed by atoms with Crippen molar-refractivity contribution in [3.8, 4) is 0 Å². The van der Waals surface area contributed by atoms with Crippen molar-refractivity contribution >= 4 is 16.7 Å². The monoisotopic (exact) mass is 209 g/mol. The molecule has 0 aromatic heterocycles. The summed E-state index contributed by atoms with van der Waals surface area (Å²) in [5.41, 5.74) is 0.658. The van der Waals surface area contributed by atoms with Gasteiger partial charge in [-0.1, -0.05) is 18.2 Å². The van der Waals surface area contributed by atoms with Gasteiger partial charge in [0.2, 0.25) is 0 Å². The fraction of sp³-hybridized carbons (Fsp3) is 0.300. The molecule has 0 aliphatic carbocycles. The van der Waals surface area contributed by atoms with Crippen molar-refractivity contribution in [1.29, 1.82) is 0 Å². The van der Waals surface area contributed by atoms with E-state index in [1.165, 1.54) is 0 Å². The second-order valence-corrected chi connectivity index (χ2v) is 4.86. The maximum Gasteiger partial charge on any atom is 0.251 e. The zero-order valence-corrected chi connectivity index (χ0v) is 8.42. The molecule has 0 atom stereocenters. The predicted octanol–water partition coefficient (Wildman–Crippen LogP) is 0.547. The van der Waals surface area contributed by atoms with Crippen LogP contribution in [0.25, 0.3) is 0 Å². The maximum absolute atomic E-state index is 11.5. The summed E-state index contributed by atoms with van der Waals surface area (Å²) in [6.45, 7) is 0. The van der Waals surface area contributed by atoms with Gasteiger partial charge in [-0.2, -0.15) is 0 Å². The lowest BCUT2D eigenvalue weighted by molar-refractivity contribution is 0.0942. The van der Waals surface area contributed by atoms with Crippen molar-refractivity contribution in [1.82, 2.24) is 5.32 Å². The molecule has 1 N–H and O–H groups in total. The van der Waals surface area contributed by atoms with E-state index in [4.69, 9.17) is 0 Å². The molecule has 0 saturated carbocycles. The number of benzene rings is 1. The van der Waals surface area contributed by atoms with Crippen LogP contribution >= 0.6 is 0 Å². The van der Waals surface area contributed by atoms with E-state index >= 15 is 0 Å². The van der Waals surface area contributed by atoms with Crippen LogP contribution in [0.5, 0.6) is 0 Å². The number of hydrogen-bond donors (Lipinski definition) is 1. The first-order chi connectivity index (χ1) is 6.75. The summed E-state index contributed by atoms with van der Waals surface area (Å²) in [6.07, 6.45) is 0. The van der Waals surface area contributed by atoms with Gasteiger partial charge >= 0.3 is 0 Å². The first kappa shape index (κ1) is 9.40. The Morgan fingerprint density at radius 2 is 1.93 bits per heavy atom. The maximum atomic E-state index is 11.5. The van der Waals surface area contributed by atoms with E-state index in [1.54, 1.807) is 12.1 Å². The van der Waals surface area contributed by atoms with Gasteiger partial charge in [-0.05, 0) is 12.1 Å². The highest BCUT2D eigenvalue weighted by molar-refractivity contribution is 7.86. The Balaban J connectivity index is 1.93. The minimum Gasteiger partial charge on any atom is -0.347 e. The number of carbonyl (C=O) groups is 1. The lowest BCUT2D eigenvalue weighted by atomic mass is 10.2. The highest BCUT2D eigenvalue weighted by Crippen LogP contribution is 2.06. The minimum absolute atomic E-state index is 0.0766. The molecule has 1 aromatic carbocycles. The quantitative estimate of drug-likeness (QED) is 0.773. The van der Waals surface area contributed by atoms with Crippen molar-refractivity contribution in [3.63, 3.8) is 0 Å². The summed E-state index contributed by atoms with van der Waals surface area (Å²) in [5.74, 6) is 1.12. The summed E-state index contributed by atoms with van der Waals surface area (Å²) < 4.78 is 10.8. The normalized spacial score (nSPS) is 25.1. The minimum atomic E-state index is -0.710. The SMILES string of the molecule is O=C(NC1CS(=O)C1)c1ccccc1. The second kappa shape index (κ2) is 3.92. The molecule has 1 aromatic rings. The van der Waals surface area contributed by atoms with E-state index in [0.717, 1.165) is 0 Å². The van der Waals surface area contributed by atoms with Crippen LogP contribution < -0.4 is 5.32 Å². The van der Waals surface area contributed by atoms with Gasteiger partial charge in [0, 0.05) is 27.9 Å². The number of nitrogens with one attached hydrogen (secondary N) is 1. The third-order valence-corrected chi connectivity index (χ3v) is 3.69. The molecule has 1 aliphatic rings. The molecule has 1 saturated heterocycles. The molecule has 4 heteroatoms. The fourth-order valence-corrected chi connectivity index (χ4v) is 2.31. The molecule has 0 spiro atoms. The number of amides is 1. The molecular formula is C10H11NO2S. The van der Waals surface area contributed by atoms with Gasteiger partial charge in [-0.15, -0.1) is 0 Å².